The van der Waals surface area contributed by atoms with Crippen LogP contribution in [0.15, 0.2) is 146 Å². The van der Waals surface area contributed by atoms with E-state index < -0.39 is 16.8 Å². The highest BCUT2D eigenvalue weighted by atomic mass is 16.5. The smallest absolute Gasteiger partial charge is 0.308 e. The highest BCUT2D eigenvalue weighted by Gasteiger charge is 2.24. The predicted octanol–water partition coefficient (Wildman–Crippen LogP) is 9.15. The maximum atomic E-state index is 11.4. The lowest BCUT2D eigenvalue weighted by molar-refractivity contribution is -0.136. The van der Waals surface area contributed by atoms with Crippen LogP contribution in [-0.2, 0) is 9.53 Å². The largest absolute Gasteiger partial charge is 0.508 e. The van der Waals surface area contributed by atoms with Crippen LogP contribution in [-0.4, -0.2) is 11.1 Å². The van der Waals surface area contributed by atoms with E-state index in [1.165, 1.54) is 19.1 Å². The molecule has 0 aromatic rings. The van der Waals surface area contributed by atoms with Gasteiger partial charge in [0, 0.05) is 18.1 Å². The molecule has 0 bridgehead atoms. The van der Waals surface area contributed by atoms with Gasteiger partial charge in [0.1, 0.15) is 11.5 Å². The van der Waals surface area contributed by atoms with Gasteiger partial charge < -0.3 is 9.84 Å². The molecule has 0 aliphatic carbocycles. The van der Waals surface area contributed by atoms with Gasteiger partial charge in [-0.2, -0.15) is 0 Å². The maximum Gasteiger partial charge on any atom is 0.308 e. The van der Waals surface area contributed by atoms with Gasteiger partial charge in [-0.25, -0.2) is 0 Å². The van der Waals surface area contributed by atoms with Gasteiger partial charge in [0.25, 0.3) is 0 Å². The molecule has 0 aliphatic rings. The van der Waals surface area contributed by atoms with Gasteiger partial charge in [0.15, 0.2) is 0 Å². The number of carbonyl (C=O) groups is 1. The summed E-state index contributed by atoms with van der Waals surface area (Å²) in [5.41, 5.74) is 1.77. The van der Waals surface area contributed by atoms with Crippen LogP contribution in [0.1, 0.15) is 41.0 Å². The third-order valence-corrected chi connectivity index (χ3v) is 5.80. The molecule has 1 N–H and O–H groups in total. The lowest BCUT2D eigenvalue weighted by Crippen LogP contribution is -2.16. The van der Waals surface area contributed by atoms with E-state index in [1.54, 1.807) is 30.4 Å². The van der Waals surface area contributed by atoms with Crippen molar-refractivity contribution in [1.29, 1.82) is 0 Å². The van der Waals surface area contributed by atoms with Crippen LogP contribution < -0.4 is 0 Å². The Hall–Kier alpha value is -4.73. The van der Waals surface area contributed by atoms with Gasteiger partial charge in [0.05, 0.1) is 10.8 Å². The van der Waals surface area contributed by atoms with Crippen molar-refractivity contribution in [3.8, 4) is 23.7 Å². The summed E-state index contributed by atoms with van der Waals surface area (Å²) in [5, 5.41) is 10.1. The summed E-state index contributed by atoms with van der Waals surface area (Å²) in [5.74, 6) is 12.6. The van der Waals surface area contributed by atoms with Gasteiger partial charge >= 0.3 is 5.97 Å². The molecule has 3 heteroatoms. The maximum absolute atomic E-state index is 11.4. The molecule has 0 aliphatic heterocycles. The van der Waals surface area contributed by atoms with Gasteiger partial charge in [-0.15, -0.1) is 0 Å². The topological polar surface area (TPSA) is 46.5 Å². The molecule has 3 nitrogen and oxygen atoms in total. The highest BCUT2D eigenvalue weighted by Crippen LogP contribution is 2.33. The minimum absolute atomic E-state index is 0.0454. The van der Waals surface area contributed by atoms with Crippen molar-refractivity contribution in [2.75, 3.05) is 0 Å². The first kappa shape index (κ1) is 35.3. The molecule has 0 rings (SSSR count). The zero-order valence-electron chi connectivity index (χ0n) is 24.6. The summed E-state index contributed by atoms with van der Waals surface area (Å²) in [6.07, 6.45) is 21.2. The first-order valence-electron chi connectivity index (χ1n) is 12.8. The normalized spacial score (nSPS) is 14.5. The summed E-state index contributed by atoms with van der Waals surface area (Å²) < 4.78 is 5.09. The molecule has 1 unspecified atom stereocenters. The third kappa shape index (κ3) is 12.7. The number of hydrogen-bond acceptors (Lipinski definition) is 3. The fourth-order valence-corrected chi connectivity index (χ4v) is 3.11. The van der Waals surface area contributed by atoms with Crippen molar-refractivity contribution in [2.45, 2.75) is 41.0 Å². The molecule has 40 heavy (non-hydrogen) atoms. The van der Waals surface area contributed by atoms with E-state index in [4.69, 9.17) is 4.74 Å². The number of esters is 1. The summed E-state index contributed by atoms with van der Waals surface area (Å²) >= 11 is 0. The Bertz CT molecular complexity index is 1320. The second-order valence-electron chi connectivity index (χ2n) is 9.34. The molecule has 1 atom stereocenters. The molecule has 0 spiro atoms. The summed E-state index contributed by atoms with van der Waals surface area (Å²) in [7, 11) is 0. The second-order valence-corrected chi connectivity index (χ2v) is 9.34. The first-order valence-corrected chi connectivity index (χ1v) is 12.8. The minimum Gasteiger partial charge on any atom is -0.508 e. The van der Waals surface area contributed by atoms with E-state index in [0.717, 1.165) is 11.1 Å². The lowest BCUT2D eigenvalue weighted by atomic mass is 9.79. The molecule has 0 aromatic heterocycles. The highest BCUT2D eigenvalue weighted by molar-refractivity contribution is 5.67. The molecule has 0 saturated carbocycles. The van der Waals surface area contributed by atoms with Crippen molar-refractivity contribution in [1.82, 2.24) is 0 Å². The Kier molecular flexibility index (Phi) is 15.6. The Morgan fingerprint density at radius 2 is 1.43 bits per heavy atom. The first-order chi connectivity index (χ1) is 18.8. The summed E-state index contributed by atoms with van der Waals surface area (Å²) in [6, 6.07) is 0. The van der Waals surface area contributed by atoms with E-state index in [2.05, 4.69) is 63.2 Å². The van der Waals surface area contributed by atoms with Crippen molar-refractivity contribution in [3.05, 3.63) is 146 Å². The quantitative estimate of drug-likeness (QED) is 0.111. The lowest BCUT2D eigenvalue weighted by Gasteiger charge is -2.24. The number of rotatable bonds is 13. The molecule has 0 amide bonds. The van der Waals surface area contributed by atoms with Crippen LogP contribution in [0.25, 0.3) is 0 Å². The van der Waals surface area contributed by atoms with Crippen molar-refractivity contribution in [3.63, 3.8) is 0 Å². The van der Waals surface area contributed by atoms with E-state index >= 15 is 0 Å². The van der Waals surface area contributed by atoms with Crippen LogP contribution in [0.3, 0.4) is 0 Å². The molecule has 208 valence electrons. The van der Waals surface area contributed by atoms with Crippen LogP contribution >= 0.6 is 0 Å². The van der Waals surface area contributed by atoms with Gasteiger partial charge in [-0.05, 0) is 68.7 Å². The number of aliphatic hydroxyl groups excluding tert-OH is 1. The molecule has 0 aromatic carbocycles. The molecule has 0 fully saturated rings. The molecule has 0 saturated heterocycles. The number of allylic oxidation sites excluding steroid dienone is 16. The van der Waals surface area contributed by atoms with E-state index in [1.807, 2.05) is 58.1 Å². The van der Waals surface area contributed by atoms with Gasteiger partial charge in [-0.3, -0.25) is 4.79 Å². The molecular weight excluding hydrogens is 492 g/mol. The SMILES string of the molecule is C=C/C=C\C=C(\C#CC(C)(C)/C(C=C)=C/C=C(/C#CC(C)(CC)C(/C=C(/O)C=C)=C/C(=C)OC(C)=O)C=C)C=C. The fraction of sp³-hybridized carbons (Fsp3) is 0.216. The van der Waals surface area contributed by atoms with E-state index in [-0.39, 0.29) is 11.5 Å². The Morgan fingerprint density at radius 3 is 1.93 bits per heavy atom. The number of aliphatic hydroxyl groups is 1. The van der Waals surface area contributed by atoms with Crippen molar-refractivity contribution in [2.24, 2.45) is 10.8 Å². The molecular formula is C37H42O3. The van der Waals surface area contributed by atoms with Crippen molar-refractivity contribution >= 4 is 5.97 Å². The van der Waals surface area contributed by atoms with Gasteiger partial charge in [0.2, 0.25) is 0 Å². The van der Waals surface area contributed by atoms with E-state index in [9.17, 15) is 9.90 Å². The Balaban J connectivity index is 6.60. The zero-order valence-corrected chi connectivity index (χ0v) is 24.6. The second kappa shape index (κ2) is 17.7. The Morgan fingerprint density at radius 1 is 0.825 bits per heavy atom. The van der Waals surface area contributed by atoms with Crippen LogP contribution in [0.5, 0.6) is 0 Å². The van der Waals surface area contributed by atoms with Crippen LogP contribution in [0, 0.1) is 34.5 Å². The summed E-state index contributed by atoms with van der Waals surface area (Å²) in [4.78, 5) is 11.4. The number of hydrogen-bond donors (Lipinski definition) is 1. The Labute approximate surface area is 242 Å². The average molecular weight is 535 g/mol. The van der Waals surface area contributed by atoms with Crippen molar-refractivity contribution < 1.29 is 14.6 Å². The predicted molar refractivity (Wildman–Crippen MR) is 172 cm³/mol. The third-order valence-electron chi connectivity index (χ3n) is 5.80. The van der Waals surface area contributed by atoms with E-state index in [0.29, 0.717) is 17.6 Å². The van der Waals surface area contributed by atoms with Crippen LogP contribution in [0.2, 0.25) is 0 Å². The fourth-order valence-electron chi connectivity index (χ4n) is 3.11. The monoisotopic (exact) mass is 534 g/mol. The number of carbonyl (C=O) groups excluding carboxylic acids is 1. The zero-order chi connectivity index (χ0) is 30.8. The molecule has 0 heterocycles. The standard InChI is InChI=1S/C37H42O3/c1-12-18-19-20-31(13-2)23-25-36(9,10)33(15-4)22-21-32(14-3)24-26-37(11,17-6)34(28-35(39)16-5)27-29(7)40-30(8)38/h12-16,18-22,27-28,39H,1-5,7,17H2,6,8-11H3/b19-18-,31-20+,32-21+,33-22+,34-27+,35-28+. The minimum atomic E-state index is -0.717. The molecule has 0 radical (unpaired) electrons. The van der Waals surface area contributed by atoms with Gasteiger partial charge in [-0.1, -0.05) is 113 Å². The number of ether oxygens (including phenoxy) is 1. The average Bonchev–Trinajstić information content (AvgIpc) is 2.91. The summed E-state index contributed by atoms with van der Waals surface area (Å²) in [6.45, 7) is 32.0. The van der Waals surface area contributed by atoms with Crippen LogP contribution in [0.4, 0.5) is 0 Å².